The monoisotopic (exact) mass is 366 g/mol. The molecule has 0 amide bonds. The topological polar surface area (TPSA) is 60.7 Å². The zero-order valence-corrected chi connectivity index (χ0v) is 16.5. The molecule has 0 unspecified atom stereocenters. The van der Waals surface area contributed by atoms with Crippen molar-refractivity contribution in [2.24, 2.45) is 0 Å². The van der Waals surface area contributed by atoms with Crippen molar-refractivity contribution in [2.75, 3.05) is 0 Å². The first-order chi connectivity index (χ1) is 12.4. The van der Waals surface area contributed by atoms with Crippen molar-refractivity contribution in [3.8, 4) is 5.69 Å². The fourth-order valence-corrected chi connectivity index (χ4v) is 3.65. The fraction of sp³-hybridized carbons (Fsp3) is 0.300. The molecule has 0 spiro atoms. The highest BCUT2D eigenvalue weighted by Crippen LogP contribution is 2.27. The van der Waals surface area contributed by atoms with E-state index in [1.807, 2.05) is 65.0 Å². The molecule has 0 aliphatic rings. The van der Waals surface area contributed by atoms with Crippen molar-refractivity contribution in [3.63, 3.8) is 0 Å². The fourth-order valence-electron chi connectivity index (χ4n) is 2.78. The van der Waals surface area contributed by atoms with E-state index in [0.29, 0.717) is 5.16 Å². The third-order valence-electron chi connectivity index (χ3n) is 4.34. The number of rotatable bonds is 5. The number of nitrogens with zero attached hydrogens (tertiary/aromatic N) is 4. The summed E-state index contributed by atoms with van der Waals surface area (Å²) in [4.78, 5) is 12.9. The van der Waals surface area contributed by atoms with Crippen LogP contribution in [-0.4, -0.2) is 31.2 Å². The van der Waals surface area contributed by atoms with Gasteiger partial charge in [0.05, 0.1) is 10.9 Å². The highest BCUT2D eigenvalue weighted by molar-refractivity contribution is 8.00. The number of hydrogen-bond acceptors (Lipinski definition) is 5. The van der Waals surface area contributed by atoms with Crippen LogP contribution in [0.15, 0.2) is 41.6 Å². The summed E-state index contributed by atoms with van der Waals surface area (Å²) in [6.45, 7) is 9.92. The van der Waals surface area contributed by atoms with Crippen molar-refractivity contribution in [1.82, 2.24) is 20.2 Å². The van der Waals surface area contributed by atoms with Gasteiger partial charge in [-0.3, -0.25) is 4.79 Å². The molecule has 0 N–H and O–H groups in total. The molecule has 2 aromatic carbocycles. The summed E-state index contributed by atoms with van der Waals surface area (Å²) in [5.74, 6) is 0.0896. The maximum Gasteiger partial charge on any atom is 0.214 e. The lowest BCUT2D eigenvalue weighted by molar-refractivity contribution is 0.0993. The molecule has 0 fully saturated rings. The molecule has 134 valence electrons. The molecule has 0 saturated heterocycles. The molecule has 1 aromatic heterocycles. The lowest BCUT2D eigenvalue weighted by Gasteiger charge is -2.13. The molecule has 0 aliphatic carbocycles. The number of hydrogen-bond donors (Lipinski definition) is 0. The van der Waals surface area contributed by atoms with Crippen LogP contribution in [0, 0.1) is 27.7 Å². The highest BCUT2D eigenvalue weighted by atomic mass is 32.2. The van der Waals surface area contributed by atoms with Gasteiger partial charge < -0.3 is 0 Å². The third-order valence-corrected chi connectivity index (χ3v) is 5.38. The molecule has 0 bridgehead atoms. The molecule has 5 nitrogen and oxygen atoms in total. The van der Waals surface area contributed by atoms with Gasteiger partial charge in [0.25, 0.3) is 0 Å². The average molecular weight is 366 g/mol. The minimum Gasteiger partial charge on any atom is -0.293 e. The lowest BCUT2D eigenvalue weighted by Crippen LogP contribution is -2.16. The first-order valence-corrected chi connectivity index (χ1v) is 9.39. The number of carbonyl (C=O) groups excluding carboxylic acids is 1. The van der Waals surface area contributed by atoms with Gasteiger partial charge in [0.1, 0.15) is 0 Å². The maximum absolute atomic E-state index is 12.9. The van der Waals surface area contributed by atoms with Gasteiger partial charge >= 0.3 is 0 Å². The summed E-state index contributed by atoms with van der Waals surface area (Å²) in [6, 6.07) is 12.1. The molecule has 3 aromatic rings. The molecular formula is C20H22N4OS. The summed E-state index contributed by atoms with van der Waals surface area (Å²) in [5.41, 5.74) is 5.98. The number of aryl methyl sites for hydroxylation is 4. The van der Waals surface area contributed by atoms with E-state index in [1.165, 1.54) is 11.8 Å². The second-order valence-electron chi connectivity index (χ2n) is 6.61. The summed E-state index contributed by atoms with van der Waals surface area (Å²) in [7, 11) is 0. The van der Waals surface area contributed by atoms with Crippen molar-refractivity contribution >= 4 is 17.5 Å². The number of thioether (sulfide) groups is 1. The molecule has 6 heteroatoms. The first-order valence-electron chi connectivity index (χ1n) is 8.51. The second kappa shape index (κ2) is 7.41. The van der Waals surface area contributed by atoms with Crippen LogP contribution in [-0.2, 0) is 0 Å². The Kier molecular flexibility index (Phi) is 5.23. The van der Waals surface area contributed by atoms with E-state index in [2.05, 4.69) is 21.6 Å². The van der Waals surface area contributed by atoms with E-state index in [-0.39, 0.29) is 11.0 Å². The van der Waals surface area contributed by atoms with Crippen LogP contribution in [0.3, 0.4) is 0 Å². The normalized spacial score (nSPS) is 12.2. The quantitative estimate of drug-likeness (QED) is 0.499. The minimum absolute atomic E-state index is 0.0896. The van der Waals surface area contributed by atoms with Crippen LogP contribution in [0.4, 0.5) is 0 Å². The molecule has 3 rings (SSSR count). The smallest absolute Gasteiger partial charge is 0.214 e. The Morgan fingerprint density at radius 3 is 2.38 bits per heavy atom. The minimum atomic E-state index is -0.287. The molecule has 0 radical (unpaired) electrons. The van der Waals surface area contributed by atoms with E-state index in [9.17, 15) is 4.79 Å². The van der Waals surface area contributed by atoms with Crippen molar-refractivity contribution in [1.29, 1.82) is 0 Å². The van der Waals surface area contributed by atoms with Crippen LogP contribution in [0.1, 0.15) is 39.5 Å². The Morgan fingerprint density at radius 2 is 1.65 bits per heavy atom. The Labute approximate surface area is 157 Å². The van der Waals surface area contributed by atoms with Crippen molar-refractivity contribution < 1.29 is 4.79 Å². The summed E-state index contributed by atoms with van der Waals surface area (Å²) in [6.07, 6.45) is 0. The van der Waals surface area contributed by atoms with Gasteiger partial charge in [-0.25, -0.2) is 0 Å². The van der Waals surface area contributed by atoms with Gasteiger partial charge in [-0.05, 0) is 73.9 Å². The Hall–Kier alpha value is -2.47. The highest BCUT2D eigenvalue weighted by Gasteiger charge is 2.22. The van der Waals surface area contributed by atoms with Crippen LogP contribution in [0.25, 0.3) is 5.69 Å². The molecule has 1 heterocycles. The van der Waals surface area contributed by atoms with Gasteiger partial charge in [0, 0.05) is 5.56 Å². The van der Waals surface area contributed by atoms with Gasteiger partial charge in [-0.15, -0.1) is 5.10 Å². The molecule has 1 atom stereocenters. The molecule has 0 aliphatic heterocycles. The molecular weight excluding hydrogens is 344 g/mol. The lowest BCUT2D eigenvalue weighted by atomic mass is 10.0. The van der Waals surface area contributed by atoms with Gasteiger partial charge in [-0.2, -0.15) is 4.68 Å². The molecule has 0 saturated carbocycles. The number of aromatic nitrogens is 4. The third kappa shape index (κ3) is 3.70. The number of tetrazole rings is 1. The van der Waals surface area contributed by atoms with Crippen molar-refractivity contribution in [3.05, 3.63) is 64.2 Å². The Balaban J connectivity index is 1.88. The number of carbonyl (C=O) groups is 1. The van der Waals surface area contributed by atoms with Gasteiger partial charge in [0.2, 0.25) is 5.16 Å². The second-order valence-corrected chi connectivity index (χ2v) is 7.91. The SMILES string of the molecule is Cc1ccc(C)c(C(=O)[C@@H](C)Sc2nnnn2-c2cc(C)ccc2C)c1. The van der Waals surface area contributed by atoms with E-state index >= 15 is 0 Å². The van der Waals surface area contributed by atoms with E-state index < -0.39 is 0 Å². The zero-order chi connectivity index (χ0) is 18.8. The van der Waals surface area contributed by atoms with E-state index in [0.717, 1.165) is 33.5 Å². The number of Topliss-reactive ketones (excluding diaryl/α,β-unsaturated/α-hetero) is 1. The van der Waals surface area contributed by atoms with Crippen LogP contribution < -0.4 is 0 Å². The standard InChI is InChI=1S/C20H22N4OS/c1-12-6-8-14(3)17(10-12)19(25)16(5)26-20-21-22-23-24(20)18-11-13(2)7-9-15(18)4/h6-11,16H,1-5H3/t16-/m1/s1. The number of benzene rings is 2. The Morgan fingerprint density at radius 1 is 1.00 bits per heavy atom. The average Bonchev–Trinajstić information content (AvgIpc) is 3.06. The van der Waals surface area contributed by atoms with E-state index in [4.69, 9.17) is 0 Å². The van der Waals surface area contributed by atoms with Gasteiger partial charge in [-0.1, -0.05) is 41.6 Å². The summed E-state index contributed by atoms with van der Waals surface area (Å²) in [5, 5.41) is 12.4. The summed E-state index contributed by atoms with van der Waals surface area (Å²) >= 11 is 1.38. The first kappa shape index (κ1) is 18.3. The van der Waals surface area contributed by atoms with Crippen LogP contribution >= 0.6 is 11.8 Å². The van der Waals surface area contributed by atoms with Gasteiger partial charge in [0.15, 0.2) is 5.78 Å². The summed E-state index contributed by atoms with van der Waals surface area (Å²) < 4.78 is 1.71. The molecule has 26 heavy (non-hydrogen) atoms. The van der Waals surface area contributed by atoms with E-state index in [1.54, 1.807) is 4.68 Å². The maximum atomic E-state index is 12.9. The van der Waals surface area contributed by atoms with Crippen molar-refractivity contribution in [2.45, 2.75) is 45.0 Å². The Bertz CT molecular complexity index is 964. The van der Waals surface area contributed by atoms with Crippen LogP contribution in [0.2, 0.25) is 0 Å². The van der Waals surface area contributed by atoms with Crippen LogP contribution in [0.5, 0.6) is 0 Å². The largest absolute Gasteiger partial charge is 0.293 e. The predicted octanol–water partition coefficient (Wildman–Crippen LogP) is 4.26. The zero-order valence-electron chi connectivity index (χ0n) is 15.6. The number of ketones is 1. The predicted molar refractivity (Wildman–Crippen MR) is 104 cm³/mol.